The van der Waals surface area contributed by atoms with Gasteiger partial charge in [0.2, 0.25) is 0 Å². The number of carbonyl (C=O) groups excluding carboxylic acids is 1. The average molecular weight is 363 g/mol. The Morgan fingerprint density at radius 3 is 2.64 bits per heavy atom. The van der Waals surface area contributed by atoms with Crippen LogP contribution < -0.4 is 4.74 Å². The second-order valence-electron chi connectivity index (χ2n) is 6.05. The number of nitrogens with zero attached hydrogens (tertiary/aromatic N) is 3. The van der Waals surface area contributed by atoms with Crippen molar-refractivity contribution in [3.8, 4) is 5.75 Å². The molecule has 0 aliphatic carbocycles. The molecule has 0 aliphatic rings. The van der Waals surface area contributed by atoms with E-state index in [4.69, 9.17) is 9.47 Å². The Morgan fingerprint density at radius 1 is 1.28 bits per heavy atom. The number of benzene rings is 1. The molecular weight excluding hydrogens is 338 g/mol. The lowest BCUT2D eigenvalue weighted by molar-refractivity contribution is -0.143. The van der Waals surface area contributed by atoms with Gasteiger partial charge in [0, 0.05) is 7.05 Å². The first kappa shape index (κ1) is 19.3. The monoisotopic (exact) mass is 363 g/mol. The van der Waals surface area contributed by atoms with E-state index >= 15 is 0 Å². The molecule has 7 heteroatoms. The third-order valence-electron chi connectivity index (χ3n) is 3.73. The number of esters is 1. The fourth-order valence-electron chi connectivity index (χ4n) is 2.23. The first-order valence-electron chi connectivity index (χ1n) is 8.34. The summed E-state index contributed by atoms with van der Waals surface area (Å²) >= 11 is 1.38. The molecular formula is C18H25N3O3S. The molecule has 0 radical (unpaired) electrons. The van der Waals surface area contributed by atoms with Gasteiger partial charge in [-0.25, -0.2) is 0 Å². The largest absolute Gasteiger partial charge is 0.485 e. The van der Waals surface area contributed by atoms with Gasteiger partial charge in [0.05, 0.1) is 6.61 Å². The maximum Gasteiger partial charge on any atom is 0.319 e. The van der Waals surface area contributed by atoms with Crippen LogP contribution in [0.2, 0.25) is 0 Å². The summed E-state index contributed by atoms with van der Waals surface area (Å²) in [6.07, 6.45) is 0. The summed E-state index contributed by atoms with van der Waals surface area (Å²) in [7, 11) is 1.88. The van der Waals surface area contributed by atoms with Gasteiger partial charge in [0.25, 0.3) is 0 Å². The predicted octanol–water partition coefficient (Wildman–Crippen LogP) is 3.38. The average Bonchev–Trinajstić information content (AvgIpc) is 2.92. The topological polar surface area (TPSA) is 66.2 Å². The van der Waals surface area contributed by atoms with Crippen LogP contribution >= 0.6 is 11.8 Å². The first-order chi connectivity index (χ1) is 11.9. The normalized spacial score (nSPS) is 12.2. The van der Waals surface area contributed by atoms with Crippen LogP contribution in [-0.4, -0.2) is 32.6 Å². The molecule has 136 valence electrons. The zero-order valence-electron chi connectivity index (χ0n) is 15.4. The molecule has 0 saturated carbocycles. The Morgan fingerprint density at radius 2 is 2.00 bits per heavy atom. The highest BCUT2D eigenvalue weighted by Gasteiger charge is 2.27. The fourth-order valence-corrected chi connectivity index (χ4v) is 3.24. The lowest BCUT2D eigenvalue weighted by atomic mass is 10.1. The Hall–Kier alpha value is -2.02. The van der Waals surface area contributed by atoms with Crippen molar-refractivity contribution in [3.05, 3.63) is 35.7 Å². The number of thioether (sulfide) groups is 1. The molecule has 0 amide bonds. The molecule has 0 N–H and O–H groups in total. The van der Waals surface area contributed by atoms with E-state index in [1.54, 1.807) is 0 Å². The van der Waals surface area contributed by atoms with Crippen LogP contribution in [0.15, 0.2) is 29.4 Å². The zero-order valence-corrected chi connectivity index (χ0v) is 16.2. The zero-order chi connectivity index (χ0) is 18.4. The fraction of sp³-hybridized carbons (Fsp3) is 0.500. The standard InChI is InChI=1S/C18H25N3O3S/c1-6-23-17(22)16(12(2)3)25-18-20-19-15(21(18)5)11-24-14-10-8-7-9-13(14)4/h7-10,12,16H,6,11H2,1-5H3/t16-/m1/s1. The molecule has 0 fully saturated rings. The van der Waals surface area contributed by atoms with Gasteiger partial charge in [-0.2, -0.15) is 0 Å². The van der Waals surface area contributed by atoms with Crippen molar-refractivity contribution >= 4 is 17.7 Å². The molecule has 0 spiro atoms. The molecule has 0 aliphatic heterocycles. The Balaban J connectivity index is 2.07. The third-order valence-corrected chi connectivity index (χ3v) is 5.29. The van der Waals surface area contributed by atoms with Crippen LogP contribution in [0.5, 0.6) is 5.75 Å². The summed E-state index contributed by atoms with van der Waals surface area (Å²) in [6, 6.07) is 7.84. The third kappa shape index (κ3) is 4.98. The van der Waals surface area contributed by atoms with Crippen LogP contribution in [0.3, 0.4) is 0 Å². The minimum atomic E-state index is -0.312. The molecule has 2 aromatic rings. The van der Waals surface area contributed by atoms with Crippen molar-refractivity contribution < 1.29 is 14.3 Å². The van der Waals surface area contributed by atoms with Crippen molar-refractivity contribution in [1.82, 2.24) is 14.8 Å². The van der Waals surface area contributed by atoms with Crippen LogP contribution in [-0.2, 0) is 23.2 Å². The van der Waals surface area contributed by atoms with Crippen LogP contribution in [0.1, 0.15) is 32.2 Å². The summed E-state index contributed by atoms with van der Waals surface area (Å²) < 4.78 is 12.9. The quantitative estimate of drug-likeness (QED) is 0.529. The molecule has 6 nitrogen and oxygen atoms in total. The van der Waals surface area contributed by atoms with Gasteiger partial charge < -0.3 is 14.0 Å². The van der Waals surface area contributed by atoms with Crippen molar-refractivity contribution in [1.29, 1.82) is 0 Å². The maximum atomic E-state index is 12.1. The summed E-state index contributed by atoms with van der Waals surface area (Å²) in [4.78, 5) is 12.1. The smallest absolute Gasteiger partial charge is 0.319 e. The number of carbonyl (C=O) groups is 1. The molecule has 1 aromatic heterocycles. The highest BCUT2D eigenvalue weighted by Crippen LogP contribution is 2.28. The SMILES string of the molecule is CCOC(=O)[C@H](Sc1nnc(COc2ccccc2C)n1C)C(C)C. The first-order valence-corrected chi connectivity index (χ1v) is 9.22. The molecule has 1 aromatic carbocycles. The number of aryl methyl sites for hydroxylation is 1. The van der Waals surface area contributed by atoms with Crippen molar-refractivity contribution in [2.45, 2.75) is 44.7 Å². The summed E-state index contributed by atoms with van der Waals surface area (Å²) in [5.41, 5.74) is 1.07. The predicted molar refractivity (Wildman–Crippen MR) is 97.6 cm³/mol. The van der Waals surface area contributed by atoms with Crippen LogP contribution in [0, 0.1) is 12.8 Å². The second kappa shape index (κ2) is 8.89. The highest BCUT2D eigenvalue weighted by atomic mass is 32.2. The summed E-state index contributed by atoms with van der Waals surface area (Å²) in [5, 5.41) is 8.76. The van der Waals surface area contributed by atoms with Gasteiger partial charge in [0.1, 0.15) is 17.6 Å². The highest BCUT2D eigenvalue weighted by molar-refractivity contribution is 8.00. The summed E-state index contributed by atoms with van der Waals surface area (Å²) in [6.45, 7) is 8.49. The maximum absolute atomic E-state index is 12.1. The molecule has 25 heavy (non-hydrogen) atoms. The van der Waals surface area contributed by atoms with Gasteiger partial charge in [-0.1, -0.05) is 43.8 Å². The van der Waals surface area contributed by atoms with E-state index in [2.05, 4.69) is 10.2 Å². The van der Waals surface area contributed by atoms with Gasteiger partial charge >= 0.3 is 5.97 Å². The molecule has 2 rings (SSSR count). The number of hydrogen-bond donors (Lipinski definition) is 0. The second-order valence-corrected chi connectivity index (χ2v) is 7.16. The van der Waals surface area contributed by atoms with Gasteiger partial charge in [-0.3, -0.25) is 4.79 Å². The molecule has 1 heterocycles. The van der Waals surface area contributed by atoms with E-state index in [0.29, 0.717) is 24.2 Å². The Kier molecular flexibility index (Phi) is 6.87. The number of para-hydroxylation sites is 1. The van der Waals surface area contributed by atoms with E-state index in [0.717, 1.165) is 11.3 Å². The van der Waals surface area contributed by atoms with Gasteiger partial charge in [0.15, 0.2) is 11.0 Å². The Labute approximate surface area is 152 Å². The molecule has 0 bridgehead atoms. The van der Waals surface area contributed by atoms with E-state index in [-0.39, 0.29) is 17.1 Å². The van der Waals surface area contributed by atoms with E-state index in [1.165, 1.54) is 11.8 Å². The van der Waals surface area contributed by atoms with Crippen molar-refractivity contribution in [2.24, 2.45) is 13.0 Å². The Bertz CT molecular complexity index is 715. The number of hydrogen-bond acceptors (Lipinski definition) is 6. The van der Waals surface area contributed by atoms with Crippen molar-refractivity contribution in [3.63, 3.8) is 0 Å². The minimum Gasteiger partial charge on any atom is -0.485 e. The van der Waals surface area contributed by atoms with Crippen LogP contribution in [0.25, 0.3) is 0 Å². The number of rotatable bonds is 8. The molecule has 1 atom stereocenters. The lowest BCUT2D eigenvalue weighted by Crippen LogP contribution is -2.26. The van der Waals surface area contributed by atoms with Crippen molar-refractivity contribution in [2.75, 3.05) is 6.61 Å². The van der Waals surface area contributed by atoms with Crippen LogP contribution in [0.4, 0.5) is 0 Å². The van der Waals surface area contributed by atoms with E-state index in [9.17, 15) is 4.79 Å². The van der Waals surface area contributed by atoms with E-state index in [1.807, 2.05) is 63.6 Å². The lowest BCUT2D eigenvalue weighted by Gasteiger charge is -2.17. The number of ether oxygens (including phenoxy) is 2. The molecule has 0 saturated heterocycles. The molecule has 0 unspecified atom stereocenters. The van der Waals surface area contributed by atoms with Gasteiger partial charge in [-0.05, 0) is 31.4 Å². The summed E-state index contributed by atoms with van der Waals surface area (Å²) in [5.74, 6) is 1.44. The minimum absolute atomic E-state index is 0.132. The van der Waals surface area contributed by atoms with E-state index < -0.39 is 0 Å². The number of aromatic nitrogens is 3. The van der Waals surface area contributed by atoms with Gasteiger partial charge in [-0.15, -0.1) is 10.2 Å².